The van der Waals surface area contributed by atoms with Crippen LogP contribution in [0, 0.1) is 5.92 Å². The number of carbonyl (C=O) groups excluding carboxylic acids is 1. The van der Waals surface area contributed by atoms with Crippen molar-refractivity contribution in [1.82, 2.24) is 20.9 Å². The van der Waals surface area contributed by atoms with Crippen molar-refractivity contribution in [3.63, 3.8) is 0 Å². The molecule has 13 heteroatoms. The minimum atomic E-state index is -1.30. The molecule has 5 rings (SSSR count). The highest BCUT2D eigenvalue weighted by molar-refractivity contribution is 6.34. The molecule has 0 spiro atoms. The number of carbonyl (C=O) groups is 1. The van der Waals surface area contributed by atoms with Crippen molar-refractivity contribution in [1.29, 1.82) is 0 Å². The van der Waals surface area contributed by atoms with Gasteiger partial charge < -0.3 is 45.9 Å². The molecule has 1 saturated heterocycles. The molecule has 3 aromatic rings. The quantitative estimate of drug-likeness (QED) is 0.0966. The van der Waals surface area contributed by atoms with E-state index in [0.29, 0.717) is 49.2 Å². The Morgan fingerprint density at radius 3 is 2.47 bits per heavy atom. The van der Waals surface area contributed by atoms with Gasteiger partial charge in [0.25, 0.3) is 0 Å². The van der Waals surface area contributed by atoms with Gasteiger partial charge in [0.15, 0.2) is 0 Å². The number of nitrogens with one attached hydrogen (secondary N) is 3. The molecule has 1 aliphatic carbocycles. The van der Waals surface area contributed by atoms with E-state index >= 15 is 0 Å². The van der Waals surface area contributed by atoms with E-state index in [0.717, 1.165) is 52.8 Å². The molecule has 2 fully saturated rings. The van der Waals surface area contributed by atoms with Crippen molar-refractivity contribution in [2.45, 2.75) is 75.5 Å². The molecule has 4 atom stereocenters. The highest BCUT2D eigenvalue weighted by Crippen LogP contribution is 2.50. The largest absolute Gasteiger partial charge is 0.485 e. The van der Waals surface area contributed by atoms with Crippen LogP contribution in [0.5, 0.6) is 5.75 Å². The molecular formula is C36H46Cl2N4O7. The Morgan fingerprint density at radius 2 is 1.76 bits per heavy atom. The maximum atomic E-state index is 12.1. The van der Waals surface area contributed by atoms with E-state index in [1.54, 1.807) is 0 Å². The van der Waals surface area contributed by atoms with E-state index in [1.165, 1.54) is 6.92 Å². The number of aryl methyl sites for hydroxylation is 1. The maximum Gasteiger partial charge on any atom is 0.314 e. The van der Waals surface area contributed by atoms with Crippen molar-refractivity contribution < 1.29 is 34.7 Å². The first kappa shape index (κ1) is 37.3. The molecule has 1 aromatic heterocycles. The van der Waals surface area contributed by atoms with Crippen LogP contribution in [0.1, 0.15) is 49.3 Å². The summed E-state index contributed by atoms with van der Waals surface area (Å²) in [5.74, 6) is 0.0786. The molecule has 0 bridgehead atoms. The Balaban J connectivity index is 1.10. The maximum absolute atomic E-state index is 12.1. The topological polar surface area (TPSA) is 165 Å². The fourth-order valence-electron chi connectivity index (χ4n) is 5.92. The lowest BCUT2D eigenvalue weighted by atomic mass is 9.94. The summed E-state index contributed by atoms with van der Waals surface area (Å²) in [6.07, 6.45) is 4.14. The Bertz CT molecular complexity index is 1560. The van der Waals surface area contributed by atoms with Crippen molar-refractivity contribution >= 4 is 29.2 Å². The SMILES string of the molecule is C[C@@H]([C@H](O)[C@@H](O)CNC(=O)NCCCCc1cc(Cl)c(CNC2(c3cnccc3-c3ccccc3OC3COC3)CC2)cc1Cl)[C@H](O)CO. The van der Waals surface area contributed by atoms with Crippen molar-refractivity contribution in [3.8, 4) is 16.9 Å². The van der Waals surface area contributed by atoms with Gasteiger partial charge in [-0.25, -0.2) is 4.79 Å². The number of halogens is 2. The minimum absolute atomic E-state index is 0.0655. The second-order valence-corrected chi connectivity index (χ2v) is 13.7. The van der Waals surface area contributed by atoms with Gasteiger partial charge in [0.1, 0.15) is 11.9 Å². The number of hydrogen-bond donors (Lipinski definition) is 7. The van der Waals surface area contributed by atoms with E-state index in [4.69, 9.17) is 37.8 Å². The number of aliphatic hydroxyl groups excluding tert-OH is 4. The molecular weight excluding hydrogens is 671 g/mol. The summed E-state index contributed by atoms with van der Waals surface area (Å²) in [5.41, 5.74) is 4.85. The molecule has 2 aromatic carbocycles. The van der Waals surface area contributed by atoms with Crippen molar-refractivity contribution in [2.24, 2.45) is 5.92 Å². The highest BCUT2D eigenvalue weighted by atomic mass is 35.5. The van der Waals surface area contributed by atoms with Gasteiger partial charge in [-0.1, -0.05) is 48.3 Å². The van der Waals surface area contributed by atoms with Crippen LogP contribution < -0.4 is 20.7 Å². The summed E-state index contributed by atoms with van der Waals surface area (Å²) >= 11 is 13.5. The highest BCUT2D eigenvalue weighted by Gasteiger charge is 2.46. The number of unbranched alkanes of at least 4 members (excludes halogenated alkanes) is 1. The third kappa shape index (κ3) is 9.62. The molecule has 266 valence electrons. The lowest BCUT2D eigenvalue weighted by Crippen LogP contribution is -2.47. The number of para-hydroxylation sites is 1. The third-order valence-electron chi connectivity index (χ3n) is 9.35. The smallest absolute Gasteiger partial charge is 0.314 e. The lowest BCUT2D eigenvalue weighted by Gasteiger charge is -2.28. The van der Waals surface area contributed by atoms with Gasteiger partial charge in [-0.15, -0.1) is 0 Å². The molecule has 2 aliphatic rings. The first-order chi connectivity index (χ1) is 23.6. The number of amides is 2. The first-order valence-electron chi connectivity index (χ1n) is 16.8. The number of hydrogen-bond acceptors (Lipinski definition) is 9. The molecule has 0 radical (unpaired) electrons. The number of ether oxygens (including phenoxy) is 2. The van der Waals surface area contributed by atoms with E-state index in [1.807, 2.05) is 48.8 Å². The van der Waals surface area contributed by atoms with Gasteiger partial charge in [0.2, 0.25) is 0 Å². The van der Waals surface area contributed by atoms with Crippen LogP contribution in [-0.4, -0.2) is 88.8 Å². The Labute approximate surface area is 297 Å². The predicted molar refractivity (Wildman–Crippen MR) is 188 cm³/mol. The van der Waals surface area contributed by atoms with Gasteiger partial charge in [0.05, 0.1) is 38.1 Å². The van der Waals surface area contributed by atoms with E-state index < -0.39 is 36.9 Å². The second kappa shape index (κ2) is 17.3. The summed E-state index contributed by atoms with van der Waals surface area (Å²) in [7, 11) is 0. The van der Waals surface area contributed by atoms with Crippen LogP contribution >= 0.6 is 23.2 Å². The molecule has 7 N–H and O–H groups in total. The number of benzene rings is 2. The van der Waals surface area contributed by atoms with Gasteiger partial charge in [-0.3, -0.25) is 4.98 Å². The average molecular weight is 718 g/mol. The summed E-state index contributed by atoms with van der Waals surface area (Å²) in [6, 6.07) is 13.5. The van der Waals surface area contributed by atoms with Gasteiger partial charge in [-0.05, 0) is 78.6 Å². The van der Waals surface area contributed by atoms with Crippen LogP contribution in [0.25, 0.3) is 11.1 Å². The standard InChI is InChI=1S/C36H46Cl2N4O7/c1-22(32(45)19-43)34(46)31(44)18-41-35(47)40-12-5-4-6-23-14-30(38)24(15-29(23)37)16-42-36(10-11-36)28-17-39-13-9-26(28)27-7-2-3-8-33(27)49-25-20-48-21-25/h2-3,7-9,13-15,17,22,25,31-32,34,42-46H,4-6,10-12,16,18-21H2,1H3,(H2,40,41,47)/t22-,31+,32-,34+/m1/s1. The molecule has 1 saturated carbocycles. The summed E-state index contributed by atoms with van der Waals surface area (Å²) in [5, 5.41) is 49.1. The molecule has 1 aliphatic heterocycles. The number of rotatable bonds is 18. The number of pyridine rings is 1. The molecule has 11 nitrogen and oxygen atoms in total. The second-order valence-electron chi connectivity index (χ2n) is 12.9. The van der Waals surface area contributed by atoms with Crippen molar-refractivity contribution in [2.75, 3.05) is 32.9 Å². The normalized spacial score (nSPS) is 17.8. The Hall–Kier alpha value is -3.00. The van der Waals surface area contributed by atoms with Crippen LogP contribution in [0.15, 0.2) is 54.9 Å². The number of urea groups is 1. The third-order valence-corrected chi connectivity index (χ3v) is 10.1. The number of aliphatic hydroxyl groups is 4. The molecule has 2 amide bonds. The fraction of sp³-hybridized carbons (Fsp3) is 0.500. The molecule has 49 heavy (non-hydrogen) atoms. The Morgan fingerprint density at radius 1 is 1.02 bits per heavy atom. The number of nitrogens with zero attached hydrogens (tertiary/aromatic N) is 1. The minimum Gasteiger partial charge on any atom is -0.485 e. The van der Waals surface area contributed by atoms with Gasteiger partial charge >= 0.3 is 6.03 Å². The summed E-state index contributed by atoms with van der Waals surface area (Å²) in [6.45, 7) is 2.92. The first-order valence-corrected chi connectivity index (χ1v) is 17.5. The van der Waals surface area contributed by atoms with Crippen LogP contribution in [0.4, 0.5) is 4.79 Å². The lowest BCUT2D eigenvalue weighted by molar-refractivity contribution is -0.0794. The monoisotopic (exact) mass is 716 g/mol. The van der Waals surface area contributed by atoms with E-state index in [9.17, 15) is 20.1 Å². The van der Waals surface area contributed by atoms with Gasteiger partial charge in [0, 0.05) is 59.1 Å². The van der Waals surface area contributed by atoms with E-state index in [2.05, 4.69) is 27.0 Å². The van der Waals surface area contributed by atoms with Crippen molar-refractivity contribution in [3.05, 3.63) is 81.6 Å². The van der Waals surface area contributed by atoms with E-state index in [-0.39, 0.29) is 18.2 Å². The zero-order chi connectivity index (χ0) is 35.0. The molecule has 0 unspecified atom stereocenters. The number of aromatic nitrogens is 1. The Kier molecular flexibility index (Phi) is 13.1. The van der Waals surface area contributed by atoms with Crippen LogP contribution in [0.2, 0.25) is 10.0 Å². The fourth-order valence-corrected chi connectivity index (χ4v) is 6.45. The van der Waals surface area contributed by atoms with Crippen LogP contribution in [-0.2, 0) is 23.2 Å². The zero-order valence-electron chi connectivity index (χ0n) is 27.6. The summed E-state index contributed by atoms with van der Waals surface area (Å²) < 4.78 is 11.5. The molecule has 2 heterocycles. The van der Waals surface area contributed by atoms with Gasteiger partial charge in [-0.2, -0.15) is 0 Å². The summed E-state index contributed by atoms with van der Waals surface area (Å²) in [4.78, 5) is 16.6. The van der Waals surface area contributed by atoms with Crippen LogP contribution in [0.3, 0.4) is 0 Å². The zero-order valence-corrected chi connectivity index (χ0v) is 29.1. The average Bonchev–Trinajstić information content (AvgIpc) is 3.89. The predicted octanol–water partition coefficient (Wildman–Crippen LogP) is 3.94.